The van der Waals surface area contributed by atoms with Crippen LogP contribution in [0.4, 0.5) is 0 Å². The van der Waals surface area contributed by atoms with Crippen molar-refractivity contribution >= 4 is 39.2 Å². The smallest absolute Gasteiger partial charge is 0.309 e. The molecular formula is C15H19Cl2NO4S. The summed E-state index contributed by atoms with van der Waals surface area (Å²) in [6, 6.07) is 4.90. The van der Waals surface area contributed by atoms with E-state index in [2.05, 4.69) is 0 Å². The lowest BCUT2D eigenvalue weighted by Gasteiger charge is -2.30. The second-order valence-corrected chi connectivity index (χ2v) is 8.17. The number of halogens is 2. The number of hydrogen-bond donors (Lipinski definition) is 0. The Morgan fingerprint density at radius 2 is 1.83 bits per heavy atom. The van der Waals surface area contributed by atoms with Gasteiger partial charge in [0, 0.05) is 28.7 Å². The van der Waals surface area contributed by atoms with Gasteiger partial charge in [-0.25, -0.2) is 12.7 Å². The fourth-order valence-corrected chi connectivity index (χ4v) is 4.89. The van der Waals surface area contributed by atoms with E-state index in [0.29, 0.717) is 48.1 Å². The quantitative estimate of drug-likeness (QED) is 0.737. The SMILES string of the molecule is CCOC(=O)C1CCN(S(=O)(=O)Cc2c(Cl)cccc2Cl)CC1. The average molecular weight is 380 g/mol. The van der Waals surface area contributed by atoms with Crippen LogP contribution < -0.4 is 0 Å². The zero-order chi connectivity index (χ0) is 17.0. The van der Waals surface area contributed by atoms with Crippen LogP contribution in [0.1, 0.15) is 25.3 Å². The fourth-order valence-electron chi connectivity index (χ4n) is 2.57. The highest BCUT2D eigenvalue weighted by atomic mass is 35.5. The molecule has 1 heterocycles. The summed E-state index contributed by atoms with van der Waals surface area (Å²) in [5.74, 6) is -0.723. The predicted molar refractivity (Wildman–Crippen MR) is 90.0 cm³/mol. The summed E-state index contributed by atoms with van der Waals surface area (Å²) < 4.78 is 31.5. The third kappa shape index (κ3) is 4.59. The summed E-state index contributed by atoms with van der Waals surface area (Å²) >= 11 is 12.1. The van der Waals surface area contributed by atoms with Crippen LogP contribution in [0.25, 0.3) is 0 Å². The van der Waals surface area contributed by atoms with Gasteiger partial charge in [0.15, 0.2) is 0 Å². The second kappa shape index (κ2) is 7.83. The van der Waals surface area contributed by atoms with Crippen LogP contribution in [-0.4, -0.2) is 38.4 Å². The molecule has 0 spiro atoms. The van der Waals surface area contributed by atoms with Crippen LogP contribution in [0, 0.1) is 5.92 Å². The Morgan fingerprint density at radius 1 is 1.26 bits per heavy atom. The molecule has 0 bridgehead atoms. The molecule has 1 fully saturated rings. The maximum atomic E-state index is 12.6. The van der Waals surface area contributed by atoms with Gasteiger partial charge in [0.05, 0.1) is 18.3 Å². The Labute approximate surface area is 146 Å². The van der Waals surface area contributed by atoms with Gasteiger partial charge < -0.3 is 4.74 Å². The minimum absolute atomic E-state index is 0.231. The maximum Gasteiger partial charge on any atom is 0.309 e. The number of hydrogen-bond acceptors (Lipinski definition) is 4. The molecule has 0 amide bonds. The Morgan fingerprint density at radius 3 is 2.35 bits per heavy atom. The van der Waals surface area contributed by atoms with Gasteiger partial charge in [-0.15, -0.1) is 0 Å². The molecule has 5 nitrogen and oxygen atoms in total. The molecule has 0 aliphatic carbocycles. The average Bonchev–Trinajstić information content (AvgIpc) is 2.51. The van der Waals surface area contributed by atoms with Crippen molar-refractivity contribution in [3.05, 3.63) is 33.8 Å². The topological polar surface area (TPSA) is 63.7 Å². The maximum absolute atomic E-state index is 12.6. The molecule has 1 aliphatic heterocycles. The van der Waals surface area contributed by atoms with Gasteiger partial charge in [0.25, 0.3) is 0 Å². The molecule has 2 rings (SSSR count). The highest BCUT2D eigenvalue weighted by Gasteiger charge is 2.32. The minimum Gasteiger partial charge on any atom is -0.466 e. The van der Waals surface area contributed by atoms with Crippen molar-refractivity contribution in [1.29, 1.82) is 0 Å². The van der Waals surface area contributed by atoms with Crippen LogP contribution in [-0.2, 0) is 25.3 Å². The van der Waals surface area contributed by atoms with E-state index < -0.39 is 10.0 Å². The molecule has 0 radical (unpaired) electrons. The first-order valence-electron chi connectivity index (χ1n) is 7.42. The summed E-state index contributed by atoms with van der Waals surface area (Å²) in [5, 5.41) is 0.671. The summed E-state index contributed by atoms with van der Waals surface area (Å²) in [7, 11) is -3.53. The lowest BCUT2D eigenvalue weighted by Crippen LogP contribution is -2.41. The van der Waals surface area contributed by atoms with Crippen molar-refractivity contribution in [2.75, 3.05) is 19.7 Å². The van der Waals surface area contributed by atoms with Crippen LogP contribution in [0.2, 0.25) is 10.0 Å². The number of rotatable bonds is 5. The Hall–Kier alpha value is -0.820. The number of carbonyl (C=O) groups is 1. The van der Waals surface area contributed by atoms with E-state index in [1.54, 1.807) is 25.1 Å². The molecule has 1 saturated heterocycles. The van der Waals surface area contributed by atoms with Gasteiger partial charge in [-0.05, 0) is 31.9 Å². The minimum atomic E-state index is -3.53. The van der Waals surface area contributed by atoms with E-state index in [-0.39, 0.29) is 17.6 Å². The van der Waals surface area contributed by atoms with Gasteiger partial charge in [-0.2, -0.15) is 0 Å². The normalized spacial score (nSPS) is 17.2. The van der Waals surface area contributed by atoms with Crippen LogP contribution >= 0.6 is 23.2 Å². The first kappa shape index (κ1) is 18.5. The Balaban J connectivity index is 2.03. The molecule has 23 heavy (non-hydrogen) atoms. The molecule has 8 heteroatoms. The first-order chi connectivity index (χ1) is 10.8. The number of esters is 1. The molecule has 0 aromatic heterocycles. The highest BCUT2D eigenvalue weighted by Crippen LogP contribution is 2.29. The molecule has 0 unspecified atom stereocenters. The first-order valence-corrected chi connectivity index (χ1v) is 9.79. The number of benzene rings is 1. The standard InChI is InChI=1S/C15H19Cl2NO4S/c1-2-22-15(19)11-6-8-18(9-7-11)23(20,21)10-12-13(16)4-3-5-14(12)17/h3-5,11H,2,6-10H2,1H3. The highest BCUT2D eigenvalue weighted by molar-refractivity contribution is 7.88. The summed E-state index contributed by atoms with van der Waals surface area (Å²) in [6.45, 7) is 2.69. The van der Waals surface area contributed by atoms with Crippen molar-refractivity contribution < 1.29 is 17.9 Å². The molecule has 1 aromatic carbocycles. The number of nitrogens with zero attached hydrogens (tertiary/aromatic N) is 1. The molecule has 1 aliphatic rings. The zero-order valence-corrected chi connectivity index (χ0v) is 15.1. The number of piperidine rings is 1. The van der Waals surface area contributed by atoms with Crippen LogP contribution in [0.5, 0.6) is 0 Å². The molecular weight excluding hydrogens is 361 g/mol. The van der Waals surface area contributed by atoms with E-state index in [9.17, 15) is 13.2 Å². The molecule has 128 valence electrons. The number of sulfonamides is 1. The monoisotopic (exact) mass is 379 g/mol. The molecule has 1 aromatic rings. The zero-order valence-electron chi connectivity index (χ0n) is 12.8. The van der Waals surface area contributed by atoms with Gasteiger partial charge in [-0.3, -0.25) is 4.79 Å². The van der Waals surface area contributed by atoms with E-state index >= 15 is 0 Å². The molecule has 0 N–H and O–H groups in total. The van der Waals surface area contributed by atoms with Crippen molar-refractivity contribution in [2.45, 2.75) is 25.5 Å². The van der Waals surface area contributed by atoms with E-state index in [1.807, 2.05) is 0 Å². The van der Waals surface area contributed by atoms with Crippen LogP contribution in [0.15, 0.2) is 18.2 Å². The molecule has 0 atom stereocenters. The van der Waals surface area contributed by atoms with E-state index in [4.69, 9.17) is 27.9 Å². The van der Waals surface area contributed by atoms with Gasteiger partial charge in [0.1, 0.15) is 0 Å². The van der Waals surface area contributed by atoms with E-state index in [0.717, 1.165) is 0 Å². The fraction of sp³-hybridized carbons (Fsp3) is 0.533. The third-order valence-corrected chi connectivity index (χ3v) is 6.37. The summed E-state index contributed by atoms with van der Waals surface area (Å²) in [6.07, 6.45) is 0.933. The lowest BCUT2D eigenvalue weighted by molar-refractivity contribution is -0.149. The number of ether oxygens (including phenoxy) is 1. The predicted octanol–water partition coefficient (Wildman–Crippen LogP) is 3.10. The lowest BCUT2D eigenvalue weighted by atomic mass is 9.98. The van der Waals surface area contributed by atoms with Gasteiger partial charge in [0.2, 0.25) is 10.0 Å². The van der Waals surface area contributed by atoms with Crippen molar-refractivity contribution in [3.8, 4) is 0 Å². The van der Waals surface area contributed by atoms with E-state index in [1.165, 1.54) is 4.31 Å². The Bertz CT molecular complexity index is 650. The Kier molecular flexibility index (Phi) is 6.31. The number of carbonyl (C=O) groups excluding carboxylic acids is 1. The van der Waals surface area contributed by atoms with Crippen LogP contribution in [0.3, 0.4) is 0 Å². The summed E-state index contributed by atoms with van der Waals surface area (Å²) in [5.41, 5.74) is 0.406. The third-order valence-electron chi connectivity index (χ3n) is 3.86. The molecule has 0 saturated carbocycles. The van der Waals surface area contributed by atoms with Crippen molar-refractivity contribution in [1.82, 2.24) is 4.31 Å². The second-order valence-electron chi connectivity index (χ2n) is 5.38. The van der Waals surface area contributed by atoms with Crippen molar-refractivity contribution in [2.24, 2.45) is 5.92 Å². The summed E-state index contributed by atoms with van der Waals surface area (Å²) in [4.78, 5) is 11.7. The van der Waals surface area contributed by atoms with Crippen molar-refractivity contribution in [3.63, 3.8) is 0 Å². The largest absolute Gasteiger partial charge is 0.466 e. The van der Waals surface area contributed by atoms with Gasteiger partial charge in [-0.1, -0.05) is 29.3 Å². The van der Waals surface area contributed by atoms with Gasteiger partial charge >= 0.3 is 5.97 Å².